The van der Waals surface area contributed by atoms with Crippen LogP contribution in [0.1, 0.15) is 15.9 Å². The Hall–Kier alpha value is -6.34. The van der Waals surface area contributed by atoms with Crippen LogP contribution < -0.4 is 15.6 Å². The van der Waals surface area contributed by atoms with Crippen molar-refractivity contribution < 1.29 is 18.3 Å². The molecule has 4 heterocycles. The lowest BCUT2D eigenvalue weighted by atomic mass is 9.99. The fourth-order valence-electron chi connectivity index (χ4n) is 5.73. The van der Waals surface area contributed by atoms with Crippen molar-refractivity contribution >= 4 is 22.7 Å². The van der Waals surface area contributed by atoms with Crippen LogP contribution in [0.25, 0.3) is 39.2 Å². The van der Waals surface area contributed by atoms with Crippen LogP contribution in [0, 0.1) is 5.82 Å². The third-order valence-corrected chi connectivity index (χ3v) is 7.81. The normalized spacial score (nSPS) is 11.4. The Morgan fingerprint density at radius 2 is 1.78 bits per heavy atom. The Morgan fingerprint density at radius 1 is 0.980 bits per heavy atom. The Kier molecular flexibility index (Phi) is 8.10. The summed E-state index contributed by atoms with van der Waals surface area (Å²) in [5.74, 6) is 0.225. The average molecular weight is 659 g/mol. The van der Waals surface area contributed by atoms with E-state index in [0.717, 1.165) is 28.8 Å². The Labute approximate surface area is 279 Å². The van der Waals surface area contributed by atoms with E-state index in [9.17, 15) is 14.0 Å². The second-order valence-electron chi connectivity index (χ2n) is 11.8. The van der Waals surface area contributed by atoms with Crippen molar-refractivity contribution in [1.29, 1.82) is 0 Å². The van der Waals surface area contributed by atoms with Crippen molar-refractivity contribution in [2.75, 3.05) is 19.4 Å². The summed E-state index contributed by atoms with van der Waals surface area (Å²) in [6.07, 6.45) is 6.39. The Bertz CT molecular complexity index is 2390. The second-order valence-corrected chi connectivity index (χ2v) is 11.8. The van der Waals surface area contributed by atoms with Crippen LogP contribution in [0.5, 0.6) is 11.6 Å². The molecule has 0 atom stereocenters. The van der Waals surface area contributed by atoms with Gasteiger partial charge in [-0.3, -0.25) is 19.0 Å². The van der Waals surface area contributed by atoms with Gasteiger partial charge < -0.3 is 19.4 Å². The lowest BCUT2D eigenvalue weighted by Crippen LogP contribution is -2.25. The number of carbonyl (C=O) groups is 1. The summed E-state index contributed by atoms with van der Waals surface area (Å²) in [7, 11) is 7.48. The first kappa shape index (κ1) is 31.3. The van der Waals surface area contributed by atoms with Crippen molar-refractivity contribution in [2.45, 2.75) is 6.54 Å². The van der Waals surface area contributed by atoms with Gasteiger partial charge in [-0.15, -0.1) is 0 Å². The third kappa shape index (κ3) is 6.22. The minimum atomic E-state index is -0.607. The number of fused-ring (bicyclic) bond motifs is 1. The van der Waals surface area contributed by atoms with Gasteiger partial charge in [-0.25, -0.2) is 19.0 Å². The SMILES string of the molecule is CN(C)Cc1cccc(-c2c(-c3cnn(C)c3)oc3ncnc(Oc4ccc(NC(=O)c5cn(C)n(-c6cccc(F)c6)c5=O)cc4)c23)c1. The van der Waals surface area contributed by atoms with E-state index >= 15 is 0 Å². The molecule has 246 valence electrons. The number of carbonyl (C=O) groups excluding carboxylic acids is 1. The Balaban J connectivity index is 1.19. The zero-order valence-electron chi connectivity index (χ0n) is 27.1. The highest BCUT2D eigenvalue weighted by atomic mass is 19.1. The molecule has 0 saturated heterocycles. The molecule has 13 heteroatoms. The molecule has 0 fully saturated rings. The number of benzene rings is 3. The van der Waals surface area contributed by atoms with Gasteiger partial charge in [-0.2, -0.15) is 5.10 Å². The number of anilines is 1. The van der Waals surface area contributed by atoms with E-state index in [1.54, 1.807) is 48.3 Å². The van der Waals surface area contributed by atoms with E-state index in [4.69, 9.17) is 9.15 Å². The lowest BCUT2D eigenvalue weighted by Gasteiger charge is -2.12. The minimum absolute atomic E-state index is 0.0953. The van der Waals surface area contributed by atoms with Gasteiger partial charge in [0.05, 0.1) is 17.4 Å². The molecule has 0 aliphatic heterocycles. The maximum Gasteiger partial charge on any atom is 0.284 e. The molecular formula is C36H31FN8O4. The molecule has 0 bridgehead atoms. The number of hydrogen-bond acceptors (Lipinski definition) is 8. The van der Waals surface area contributed by atoms with Crippen LogP contribution in [0.15, 0.2) is 107 Å². The summed E-state index contributed by atoms with van der Waals surface area (Å²) in [6, 6.07) is 20.5. The largest absolute Gasteiger partial charge is 0.438 e. The highest BCUT2D eigenvalue weighted by molar-refractivity contribution is 6.04. The summed E-state index contributed by atoms with van der Waals surface area (Å²) < 4.78 is 30.8. The Morgan fingerprint density at radius 3 is 2.51 bits per heavy atom. The summed E-state index contributed by atoms with van der Waals surface area (Å²) in [5, 5.41) is 7.69. The first-order chi connectivity index (χ1) is 23.6. The zero-order chi connectivity index (χ0) is 34.2. The fourth-order valence-corrected chi connectivity index (χ4v) is 5.73. The lowest BCUT2D eigenvalue weighted by molar-refractivity contribution is 0.102. The van der Waals surface area contributed by atoms with E-state index in [1.165, 1.54) is 40.1 Å². The van der Waals surface area contributed by atoms with Crippen LogP contribution in [0.4, 0.5) is 10.1 Å². The second kappa shape index (κ2) is 12.7. The predicted octanol–water partition coefficient (Wildman–Crippen LogP) is 6.03. The van der Waals surface area contributed by atoms with Gasteiger partial charge in [0.15, 0.2) is 0 Å². The monoisotopic (exact) mass is 658 g/mol. The third-order valence-electron chi connectivity index (χ3n) is 7.81. The molecule has 4 aromatic heterocycles. The average Bonchev–Trinajstić information content (AvgIpc) is 3.76. The molecule has 1 amide bonds. The van der Waals surface area contributed by atoms with E-state index in [2.05, 4.69) is 37.4 Å². The van der Waals surface area contributed by atoms with Crippen molar-refractivity contribution in [1.82, 2.24) is 34.0 Å². The molecule has 0 spiro atoms. The molecular weight excluding hydrogens is 627 g/mol. The number of ether oxygens (including phenoxy) is 1. The number of nitrogens with one attached hydrogen (secondary N) is 1. The van der Waals surface area contributed by atoms with Crippen LogP contribution in [0.3, 0.4) is 0 Å². The van der Waals surface area contributed by atoms with Crippen molar-refractivity contribution in [3.63, 3.8) is 0 Å². The van der Waals surface area contributed by atoms with Crippen LogP contribution >= 0.6 is 0 Å². The van der Waals surface area contributed by atoms with Gasteiger partial charge in [0, 0.05) is 44.3 Å². The number of halogens is 1. The van der Waals surface area contributed by atoms with Crippen molar-refractivity contribution in [3.8, 4) is 39.8 Å². The molecule has 3 aromatic carbocycles. The first-order valence-electron chi connectivity index (χ1n) is 15.3. The zero-order valence-corrected chi connectivity index (χ0v) is 27.1. The fraction of sp³-hybridized carbons (Fsp3) is 0.139. The van der Waals surface area contributed by atoms with Crippen molar-refractivity contribution in [3.05, 3.63) is 125 Å². The maximum absolute atomic E-state index is 13.8. The molecule has 7 aromatic rings. The molecule has 49 heavy (non-hydrogen) atoms. The van der Waals surface area contributed by atoms with E-state index in [1.807, 2.05) is 39.5 Å². The quantitative estimate of drug-likeness (QED) is 0.200. The van der Waals surface area contributed by atoms with Gasteiger partial charge in [0.2, 0.25) is 11.6 Å². The standard InChI is InChI=1S/C36H31FN8O4/c1-42(2)18-22-7-5-8-23(15-22)30-31-34(38-21-39-35(31)49-32(30)24-17-40-43(3)19-24)48-28-13-11-26(12-14-28)41-33(46)29-20-44(4)45(36(29)47)27-10-6-9-25(37)16-27/h5-17,19-21H,18H2,1-4H3,(H,41,46). The number of aryl methyl sites for hydroxylation is 2. The topological polar surface area (TPSA) is 125 Å². The number of hydrogen-bond donors (Lipinski definition) is 1. The molecule has 0 radical (unpaired) electrons. The molecule has 7 rings (SSSR count). The summed E-state index contributed by atoms with van der Waals surface area (Å²) in [5.41, 5.74) is 4.01. The molecule has 0 aliphatic carbocycles. The van der Waals surface area contributed by atoms with Crippen LogP contribution in [-0.4, -0.2) is 54.0 Å². The van der Waals surface area contributed by atoms with Gasteiger partial charge in [0.25, 0.3) is 11.5 Å². The van der Waals surface area contributed by atoms with E-state index < -0.39 is 17.3 Å². The molecule has 0 aliphatic rings. The number of rotatable bonds is 9. The van der Waals surface area contributed by atoms with Gasteiger partial charge >= 0.3 is 0 Å². The molecule has 0 saturated carbocycles. The first-order valence-corrected chi connectivity index (χ1v) is 15.3. The number of nitrogens with zero attached hydrogens (tertiary/aromatic N) is 7. The van der Waals surface area contributed by atoms with Crippen LogP contribution in [-0.2, 0) is 20.6 Å². The van der Waals surface area contributed by atoms with Crippen molar-refractivity contribution in [2.24, 2.45) is 14.1 Å². The molecule has 1 N–H and O–H groups in total. The number of aromatic nitrogens is 6. The summed E-state index contributed by atoms with van der Waals surface area (Å²) in [4.78, 5) is 37.2. The minimum Gasteiger partial charge on any atom is -0.438 e. The highest BCUT2D eigenvalue weighted by Gasteiger charge is 2.25. The summed E-state index contributed by atoms with van der Waals surface area (Å²) in [6.45, 7) is 0.752. The van der Waals surface area contributed by atoms with Crippen LogP contribution in [0.2, 0.25) is 0 Å². The number of furan rings is 1. The molecule has 0 unspecified atom stereocenters. The van der Waals surface area contributed by atoms with E-state index in [-0.39, 0.29) is 11.4 Å². The van der Waals surface area contributed by atoms with Gasteiger partial charge in [-0.1, -0.05) is 24.3 Å². The summed E-state index contributed by atoms with van der Waals surface area (Å²) >= 11 is 0. The predicted molar refractivity (Wildman–Crippen MR) is 182 cm³/mol. The van der Waals surface area contributed by atoms with E-state index in [0.29, 0.717) is 34.0 Å². The number of amides is 1. The van der Waals surface area contributed by atoms with Gasteiger partial charge in [-0.05, 0) is 73.8 Å². The van der Waals surface area contributed by atoms with Gasteiger partial charge in [0.1, 0.15) is 34.6 Å². The smallest absolute Gasteiger partial charge is 0.284 e. The maximum atomic E-state index is 13.8. The highest BCUT2D eigenvalue weighted by Crippen LogP contribution is 2.44. The molecule has 12 nitrogen and oxygen atoms in total.